The van der Waals surface area contributed by atoms with E-state index in [1.807, 2.05) is 6.08 Å². The lowest BCUT2D eigenvalue weighted by molar-refractivity contribution is 0.419. The molecule has 0 amide bonds. The van der Waals surface area contributed by atoms with E-state index in [0.717, 1.165) is 39.5 Å². The van der Waals surface area contributed by atoms with E-state index >= 15 is 0 Å². The topological polar surface area (TPSA) is 38.7 Å². The second-order valence-electron chi connectivity index (χ2n) is 3.99. The fourth-order valence-corrected chi connectivity index (χ4v) is 8.50. The third kappa shape index (κ3) is 9.89. The van der Waals surface area contributed by atoms with Crippen LogP contribution in [-0.4, -0.2) is 44.8 Å². The van der Waals surface area contributed by atoms with E-state index in [2.05, 4.69) is 20.1 Å². The average molecular weight is 309 g/mol. The zero-order valence-corrected chi connectivity index (χ0v) is 18.8. The van der Waals surface area contributed by atoms with Crippen molar-refractivity contribution >= 4 is 40.0 Å². The second kappa shape index (κ2) is 12.7. The van der Waals surface area contributed by atoms with Crippen molar-refractivity contribution in [1.29, 1.82) is 0 Å². The molecule has 0 aliphatic heterocycles. The predicted molar refractivity (Wildman–Crippen MR) is 88.4 cm³/mol. The minimum Gasteiger partial charge on any atom is -0.445 e. The Morgan fingerprint density at radius 1 is 1.29 bits per heavy atom. The maximum Gasteiger partial charge on any atom is 0.320 e. The smallest absolute Gasteiger partial charge is 0.320 e. The van der Waals surface area contributed by atoms with Crippen LogP contribution in [0.4, 0.5) is 0 Å². The lowest BCUT2D eigenvalue weighted by Crippen LogP contribution is -2.40. The van der Waals surface area contributed by atoms with Gasteiger partial charge >= 0.3 is 8.56 Å². The molecular formula is C10H28O3Si4. The molecule has 0 radical (unpaired) electrons. The van der Waals surface area contributed by atoms with E-state index in [1.165, 1.54) is 18.4 Å². The van der Waals surface area contributed by atoms with Gasteiger partial charge in [-0.25, -0.2) is 0 Å². The van der Waals surface area contributed by atoms with E-state index in [-0.39, 0.29) is 0 Å². The Hall–Kier alpha value is 0.228. The predicted octanol–water partition coefficient (Wildman–Crippen LogP) is -0.786. The van der Waals surface area contributed by atoms with Gasteiger partial charge in [-0.05, 0) is 25.8 Å². The summed E-state index contributed by atoms with van der Waals surface area (Å²) in [5.74, 6) is 0. The number of hydrogen-bond acceptors (Lipinski definition) is 3. The molecule has 0 aliphatic carbocycles. The van der Waals surface area contributed by atoms with Crippen LogP contribution in [-0.2, 0) is 8.23 Å². The summed E-state index contributed by atoms with van der Waals surface area (Å²) in [5, 5.41) is 0. The minimum atomic E-state index is -1.87. The van der Waals surface area contributed by atoms with Crippen molar-refractivity contribution in [2.45, 2.75) is 38.3 Å². The fourth-order valence-electron chi connectivity index (χ4n) is 1.66. The lowest BCUT2D eigenvalue weighted by Gasteiger charge is -2.29. The van der Waals surface area contributed by atoms with Gasteiger partial charge in [-0.15, -0.1) is 13.2 Å². The molecule has 0 bridgehead atoms. The molecule has 17 heavy (non-hydrogen) atoms. The first kappa shape index (κ1) is 19.6. The molecule has 0 atom stereocenters. The van der Waals surface area contributed by atoms with Crippen LogP contribution in [0.5, 0.6) is 0 Å². The first-order valence-electron chi connectivity index (χ1n) is 5.90. The highest BCUT2D eigenvalue weighted by Crippen LogP contribution is 2.23. The molecule has 0 aromatic carbocycles. The van der Waals surface area contributed by atoms with E-state index in [9.17, 15) is 0 Å². The highest BCUT2D eigenvalue weighted by atomic mass is 28.4. The summed E-state index contributed by atoms with van der Waals surface area (Å²) in [6, 6.07) is 2.08. The van der Waals surface area contributed by atoms with Gasteiger partial charge in [0.25, 0.3) is 0 Å². The van der Waals surface area contributed by atoms with Gasteiger partial charge in [0.2, 0.25) is 0 Å². The third-order valence-electron chi connectivity index (χ3n) is 2.53. The molecule has 0 unspecified atom stereocenters. The SMILES string of the molecule is C=CCCCC[Si](CC(=C)C)(O[SiH3])O[SiH3].O[SiH3]. The Balaban J connectivity index is 0. The maximum atomic E-state index is 7.14. The van der Waals surface area contributed by atoms with Crippen LogP contribution >= 0.6 is 0 Å². The first-order chi connectivity index (χ1) is 8.10. The monoisotopic (exact) mass is 308 g/mol. The minimum absolute atomic E-state index is 0.306. The number of rotatable bonds is 9. The molecule has 0 fully saturated rings. The van der Waals surface area contributed by atoms with E-state index in [0.29, 0.717) is 10.5 Å². The average Bonchev–Trinajstić information content (AvgIpc) is 2.35. The van der Waals surface area contributed by atoms with Crippen molar-refractivity contribution in [3.63, 3.8) is 0 Å². The summed E-state index contributed by atoms with van der Waals surface area (Å²) in [5.41, 5.74) is 1.19. The molecule has 0 saturated heterocycles. The van der Waals surface area contributed by atoms with Gasteiger partial charge in [0.15, 0.2) is 0 Å². The summed E-state index contributed by atoms with van der Waals surface area (Å²) >= 11 is 0. The van der Waals surface area contributed by atoms with Crippen LogP contribution in [0, 0.1) is 0 Å². The Kier molecular flexibility index (Phi) is 14.6. The fraction of sp³-hybridized carbons (Fsp3) is 0.600. The Morgan fingerprint density at radius 3 is 2.18 bits per heavy atom. The highest BCUT2D eigenvalue weighted by molar-refractivity contribution is 6.73. The van der Waals surface area contributed by atoms with Crippen molar-refractivity contribution in [1.82, 2.24) is 0 Å². The molecule has 102 valence electrons. The molecule has 3 nitrogen and oxygen atoms in total. The summed E-state index contributed by atoms with van der Waals surface area (Å²) in [7, 11) is -0.00502. The van der Waals surface area contributed by atoms with Crippen molar-refractivity contribution < 1.29 is 13.0 Å². The summed E-state index contributed by atoms with van der Waals surface area (Å²) in [6.07, 6.45) is 5.46. The van der Waals surface area contributed by atoms with Gasteiger partial charge in [-0.1, -0.05) is 18.1 Å². The third-order valence-corrected chi connectivity index (χ3v) is 10.7. The zero-order chi connectivity index (χ0) is 13.7. The van der Waals surface area contributed by atoms with Gasteiger partial charge < -0.3 is 13.0 Å². The van der Waals surface area contributed by atoms with Gasteiger partial charge in [0, 0.05) is 6.04 Å². The van der Waals surface area contributed by atoms with Crippen molar-refractivity contribution in [2.24, 2.45) is 0 Å². The van der Waals surface area contributed by atoms with E-state index in [4.69, 9.17) is 13.0 Å². The molecule has 0 saturated carbocycles. The molecule has 1 N–H and O–H groups in total. The number of allylic oxidation sites excluding steroid dienone is 2. The molecule has 7 heteroatoms. The summed E-state index contributed by atoms with van der Waals surface area (Å²) in [4.78, 5) is 7.14. The van der Waals surface area contributed by atoms with Crippen LogP contribution in [0.1, 0.15) is 26.2 Å². The molecular weight excluding hydrogens is 280 g/mol. The van der Waals surface area contributed by atoms with E-state index in [1.54, 1.807) is 0 Å². The van der Waals surface area contributed by atoms with Crippen molar-refractivity contribution in [2.75, 3.05) is 0 Å². The lowest BCUT2D eigenvalue weighted by atomic mass is 10.2. The van der Waals surface area contributed by atoms with Crippen molar-refractivity contribution in [3.05, 3.63) is 24.8 Å². The Bertz CT molecular complexity index is 208. The van der Waals surface area contributed by atoms with E-state index < -0.39 is 8.56 Å². The van der Waals surface area contributed by atoms with Crippen LogP contribution in [0.15, 0.2) is 24.8 Å². The van der Waals surface area contributed by atoms with Gasteiger partial charge in [-0.3, -0.25) is 0 Å². The summed E-state index contributed by atoms with van der Waals surface area (Å²) < 4.78 is 11.6. The molecule has 0 aromatic rings. The van der Waals surface area contributed by atoms with Crippen LogP contribution < -0.4 is 0 Å². The normalized spacial score (nSPS) is 13.8. The molecule has 0 aliphatic rings. The van der Waals surface area contributed by atoms with Crippen LogP contribution in [0.3, 0.4) is 0 Å². The molecule has 0 rings (SSSR count). The molecule has 0 spiro atoms. The molecule has 0 heterocycles. The standard InChI is InChI=1S/C10H24O2Si3.H4OSi/c1-4-5-6-7-8-15(11-13,12-14)9-10(2)3;1-2/h4H,1-2,5-9H2,3,13-14H3;1H,2H3. The quantitative estimate of drug-likeness (QED) is 0.345. The zero-order valence-electron chi connectivity index (χ0n) is 11.8. The van der Waals surface area contributed by atoms with Gasteiger partial charge in [0.05, 0.1) is 0 Å². The Labute approximate surface area is 116 Å². The van der Waals surface area contributed by atoms with Gasteiger partial charge in [0.1, 0.15) is 31.5 Å². The van der Waals surface area contributed by atoms with Crippen LogP contribution in [0.2, 0.25) is 12.1 Å². The van der Waals surface area contributed by atoms with Crippen LogP contribution in [0.25, 0.3) is 0 Å². The molecule has 0 aromatic heterocycles. The summed E-state index contributed by atoms with van der Waals surface area (Å²) in [6.45, 7) is 9.76. The van der Waals surface area contributed by atoms with Crippen molar-refractivity contribution in [3.8, 4) is 0 Å². The van der Waals surface area contributed by atoms with Gasteiger partial charge in [-0.2, -0.15) is 0 Å². The highest BCUT2D eigenvalue weighted by Gasteiger charge is 2.33. The largest absolute Gasteiger partial charge is 0.445 e. The number of unbranched alkanes of at least 4 members (excludes halogenated alkanes) is 2. The number of hydrogen-bond donors (Lipinski definition) is 1. The first-order valence-corrected chi connectivity index (χ1v) is 10.7. The second-order valence-corrected chi connectivity index (χ2v) is 9.93. The Morgan fingerprint density at radius 2 is 1.82 bits per heavy atom. The maximum absolute atomic E-state index is 7.14.